The summed E-state index contributed by atoms with van der Waals surface area (Å²) in [5, 5.41) is 66.4. The number of rotatable bonds is 26. The van der Waals surface area contributed by atoms with Crippen LogP contribution in [-0.2, 0) is 39.7 Å². The monoisotopic (exact) mass is 1250 g/mol. The van der Waals surface area contributed by atoms with Crippen LogP contribution in [0.15, 0.2) is 92.4 Å². The Hall–Kier alpha value is -2.76. The number of nitrogens with one attached hydrogen (secondary N) is 4. The van der Waals surface area contributed by atoms with Crippen LogP contribution in [0.25, 0.3) is 12.2 Å². The van der Waals surface area contributed by atoms with Gasteiger partial charge in [-0.15, -0.1) is 0 Å². The topological polar surface area (TPSA) is 426 Å². The van der Waals surface area contributed by atoms with Gasteiger partial charge in [-0.25, -0.2) is 25.3 Å². The Bertz CT molecular complexity index is 3490. The van der Waals surface area contributed by atoms with Gasteiger partial charge in [-0.05, 0) is 112 Å². The van der Waals surface area contributed by atoms with Crippen molar-refractivity contribution in [2.75, 3.05) is 57.2 Å². The zero-order valence-electron chi connectivity index (χ0n) is 46.1. The number of aliphatic hydroxyl groups excluding tert-OH is 4. The standard InChI is InChI=1S/C46H56N12O16S4.4Na/c1-25-7-16-38(76(64,65)66)37(17-25)50-44-52-42(54-46(56-44)58(23-29(5)61)24-30(6)62)48-34-14-12-32(40(19-34)78(70,71)72)10-9-31-11-13-33(18-39(31)77(67,68)69)47-41-51-43(49-36-20-35(75-74-73-63)15-8-26(36)2)55-45(53-41)57(21-27(3)59)22-28(4)60;;;;/h7-20,27-30,59-63H,21-24H2,1-6H3,(H,64,65,66)(H,67,68,69)(H,70,71,72)(H2,47,49,51,53,55)(H2,48,50,52,54,56);;;;/q;4*+1/p-4/b10-9+;;;;. The number of anilines is 10. The summed E-state index contributed by atoms with van der Waals surface area (Å²) in [6.45, 7) is 8.96. The maximum atomic E-state index is 12.8. The fourth-order valence-corrected chi connectivity index (χ4v) is 9.80. The van der Waals surface area contributed by atoms with Crippen LogP contribution in [0, 0.1) is 13.8 Å². The third-order valence-corrected chi connectivity index (χ3v) is 13.8. The number of nitrogens with zero attached hydrogens (tertiary/aromatic N) is 8. The van der Waals surface area contributed by atoms with Crippen molar-refractivity contribution in [1.82, 2.24) is 29.9 Å². The Morgan fingerprint density at radius 2 is 0.915 bits per heavy atom. The summed E-state index contributed by atoms with van der Waals surface area (Å²) in [6, 6.07) is 15.6. The normalized spacial score (nSPS) is 13.0. The van der Waals surface area contributed by atoms with E-state index >= 15 is 0 Å². The van der Waals surface area contributed by atoms with Crippen LogP contribution in [0.5, 0.6) is 0 Å². The molecule has 0 aliphatic carbocycles. The smallest absolute Gasteiger partial charge is 0.744 e. The second-order valence-electron chi connectivity index (χ2n) is 17.7. The molecule has 0 aliphatic rings. The largest absolute Gasteiger partial charge is 1.00 e. The molecule has 0 fully saturated rings. The summed E-state index contributed by atoms with van der Waals surface area (Å²) in [4.78, 5) is 27.3. The van der Waals surface area contributed by atoms with E-state index in [1.54, 1.807) is 32.0 Å². The van der Waals surface area contributed by atoms with E-state index in [1.165, 1.54) is 73.9 Å². The average molecular weight is 1250 g/mol. The molecule has 2 aromatic heterocycles. The first-order valence-corrected chi connectivity index (χ1v) is 28.0. The molecule has 82 heavy (non-hydrogen) atoms. The summed E-state index contributed by atoms with van der Waals surface area (Å²) in [5.74, 6) is -1.21. The van der Waals surface area contributed by atoms with Crippen LogP contribution in [0.2, 0.25) is 0 Å². The molecule has 6 rings (SSSR count). The number of hydrogen-bond donors (Lipinski definition) is 8. The first-order chi connectivity index (χ1) is 36.5. The van der Waals surface area contributed by atoms with Gasteiger partial charge in [-0.2, -0.15) is 34.2 Å². The maximum Gasteiger partial charge on any atom is 1.00 e. The molecule has 0 saturated heterocycles. The van der Waals surface area contributed by atoms with Gasteiger partial charge < -0.3 is 70.4 Å². The van der Waals surface area contributed by atoms with Gasteiger partial charge in [0.15, 0.2) is 0 Å². The number of benzene rings is 4. The van der Waals surface area contributed by atoms with Gasteiger partial charge in [-0.3, -0.25) is 5.04 Å². The minimum absolute atomic E-state index is 0. The van der Waals surface area contributed by atoms with Gasteiger partial charge in [0.05, 0.1) is 56.8 Å². The molecule has 4 aromatic carbocycles. The first-order valence-electron chi connectivity index (χ1n) is 23.0. The van der Waals surface area contributed by atoms with Crippen LogP contribution >= 0.6 is 12.0 Å². The summed E-state index contributed by atoms with van der Waals surface area (Å²) in [5.41, 5.74) is 0.797. The van der Waals surface area contributed by atoms with E-state index in [2.05, 4.69) is 60.5 Å². The molecule has 0 bridgehead atoms. The van der Waals surface area contributed by atoms with Crippen LogP contribution < -0.4 is 155 Å². The summed E-state index contributed by atoms with van der Waals surface area (Å²) in [6.07, 6.45) is -1.67. The third kappa shape index (κ3) is 22.8. The second-order valence-corrected chi connectivity index (χ2v) is 22.5. The van der Waals surface area contributed by atoms with Gasteiger partial charge in [0.2, 0.25) is 35.7 Å². The zero-order chi connectivity index (χ0) is 57.3. The SMILES string of the molecule is Cc1ccc(S(=O)(=O)[O-])c(Nc2nc(Nc3ccc(/C=C/c4ccc(Nc5nc(Nc6cc(SOO[O-])ccc6C)nc(N(CC(C)O)CC(C)O)n5)cc4S(=O)(=O)[O-])c(S(=O)(=O)[O-])c3)nc(N(CC(C)O)CC(C)O)n2)c1.[Na+].[Na+].[Na+].[Na+]. The van der Waals surface area contributed by atoms with Crippen molar-refractivity contribution >= 4 is 113 Å². The van der Waals surface area contributed by atoms with E-state index in [1.807, 2.05) is 0 Å². The molecule has 6 aromatic rings. The molecule has 420 valence electrons. The number of aliphatic hydroxyl groups is 4. The van der Waals surface area contributed by atoms with E-state index in [4.69, 9.17) is 0 Å². The summed E-state index contributed by atoms with van der Waals surface area (Å²) >= 11 is 0.628. The molecule has 28 nitrogen and oxygen atoms in total. The average Bonchev–Trinajstić information content (AvgIpc) is 3.32. The first kappa shape index (κ1) is 75.3. The summed E-state index contributed by atoms with van der Waals surface area (Å²) < 4.78 is 118. The van der Waals surface area contributed by atoms with E-state index in [0.29, 0.717) is 33.8 Å². The zero-order valence-corrected chi connectivity index (χ0v) is 57.4. The van der Waals surface area contributed by atoms with Crippen LogP contribution in [0.1, 0.15) is 49.9 Å². The molecular weight excluding hydrogens is 1200 g/mol. The maximum absolute atomic E-state index is 12.8. The van der Waals surface area contributed by atoms with Crippen molar-refractivity contribution in [3.8, 4) is 0 Å². The number of aromatic nitrogens is 6. The van der Waals surface area contributed by atoms with Gasteiger partial charge >= 0.3 is 118 Å². The van der Waals surface area contributed by atoms with Crippen LogP contribution in [0.3, 0.4) is 0 Å². The minimum atomic E-state index is -5.33. The van der Waals surface area contributed by atoms with Gasteiger partial charge in [0.1, 0.15) is 30.4 Å². The fourth-order valence-electron chi connectivity index (χ4n) is 7.40. The van der Waals surface area contributed by atoms with Crippen LogP contribution in [-0.4, -0.2) is 140 Å². The van der Waals surface area contributed by atoms with Crippen molar-refractivity contribution in [3.05, 3.63) is 95.1 Å². The van der Waals surface area contributed by atoms with Gasteiger partial charge in [-0.1, -0.05) is 36.4 Å². The van der Waals surface area contributed by atoms with Gasteiger partial charge in [0.25, 0.3) is 0 Å². The molecule has 0 aliphatic heterocycles. The van der Waals surface area contributed by atoms with Crippen molar-refractivity contribution in [1.29, 1.82) is 0 Å². The van der Waals surface area contributed by atoms with Crippen molar-refractivity contribution in [2.24, 2.45) is 0 Å². The Morgan fingerprint density at radius 1 is 0.524 bits per heavy atom. The van der Waals surface area contributed by atoms with Crippen molar-refractivity contribution in [3.63, 3.8) is 0 Å². The van der Waals surface area contributed by atoms with Gasteiger partial charge in [0, 0.05) is 48.1 Å². The number of aryl methyl sites for hydroxylation is 2. The molecule has 8 N–H and O–H groups in total. The fraction of sp³-hybridized carbons (Fsp3) is 0.304. The molecule has 0 radical (unpaired) electrons. The molecule has 0 amide bonds. The Kier molecular flexibility index (Phi) is 30.7. The quantitative estimate of drug-likeness (QED) is 0.00624. The van der Waals surface area contributed by atoms with Crippen molar-refractivity contribution < 1.29 is 192 Å². The van der Waals surface area contributed by atoms with E-state index in [-0.39, 0.29) is 208 Å². The molecular formula is C46H52N12Na4O16S4. The molecule has 0 spiro atoms. The molecule has 4 unspecified atom stereocenters. The predicted molar refractivity (Wildman–Crippen MR) is 280 cm³/mol. The Labute approximate surface area is 566 Å². The second kappa shape index (κ2) is 33.4. The minimum Gasteiger partial charge on any atom is -0.744 e. The van der Waals surface area contributed by atoms with Crippen LogP contribution in [0.4, 0.5) is 58.4 Å². The van der Waals surface area contributed by atoms with E-state index < -0.39 is 69.5 Å². The van der Waals surface area contributed by atoms with E-state index in [9.17, 15) is 64.6 Å². The summed E-state index contributed by atoms with van der Waals surface area (Å²) in [7, 11) is -15.7. The molecule has 36 heteroatoms. The molecule has 2 heterocycles. The third-order valence-electron chi connectivity index (χ3n) is 10.5. The molecule has 4 atom stereocenters. The van der Waals surface area contributed by atoms with Crippen molar-refractivity contribution in [2.45, 2.75) is 85.5 Å². The Morgan fingerprint density at radius 3 is 1.29 bits per heavy atom. The molecule has 0 saturated carbocycles. The predicted octanol–water partition coefficient (Wildman–Crippen LogP) is -9.09. The number of hydrogen-bond acceptors (Lipinski definition) is 29. The van der Waals surface area contributed by atoms with E-state index in [0.717, 1.165) is 30.4 Å². The Balaban J connectivity index is 0.00000574.